The van der Waals surface area contributed by atoms with Gasteiger partial charge in [-0.1, -0.05) is 18.2 Å². The standard InChI is InChI=1S/C13H10N2O2/c1-8-3-2-4-9-5-6-11-14-7-10(13(16)17)15(11)12(8)9/h2-7H,1H3,(H,16,17). The number of imidazole rings is 1. The summed E-state index contributed by atoms with van der Waals surface area (Å²) >= 11 is 0. The number of nitrogens with zero attached hydrogens (tertiary/aromatic N) is 2. The van der Waals surface area contributed by atoms with Crippen molar-refractivity contribution in [3.63, 3.8) is 0 Å². The number of aryl methyl sites for hydroxylation is 1. The molecule has 84 valence electrons. The van der Waals surface area contributed by atoms with Gasteiger partial charge in [0.25, 0.3) is 0 Å². The van der Waals surface area contributed by atoms with E-state index in [1.165, 1.54) is 6.20 Å². The number of hydrogen-bond acceptors (Lipinski definition) is 2. The molecule has 0 atom stereocenters. The normalized spacial score (nSPS) is 11.1. The van der Waals surface area contributed by atoms with E-state index in [9.17, 15) is 4.79 Å². The van der Waals surface area contributed by atoms with Crippen LogP contribution in [0.4, 0.5) is 0 Å². The largest absolute Gasteiger partial charge is 0.477 e. The number of carboxylic acids is 1. The number of carbonyl (C=O) groups is 1. The van der Waals surface area contributed by atoms with E-state index in [0.29, 0.717) is 5.65 Å². The number of rotatable bonds is 1. The minimum absolute atomic E-state index is 0.194. The van der Waals surface area contributed by atoms with E-state index in [4.69, 9.17) is 5.11 Å². The van der Waals surface area contributed by atoms with Gasteiger partial charge in [-0.05, 0) is 30.0 Å². The average molecular weight is 226 g/mol. The van der Waals surface area contributed by atoms with E-state index < -0.39 is 5.97 Å². The number of fused-ring (bicyclic) bond motifs is 3. The molecule has 0 spiro atoms. The first kappa shape index (κ1) is 9.84. The predicted molar refractivity (Wildman–Crippen MR) is 64.4 cm³/mol. The molecule has 2 heterocycles. The third-order valence-corrected chi connectivity index (χ3v) is 2.91. The molecule has 3 aromatic rings. The maximum atomic E-state index is 11.2. The fourth-order valence-electron chi connectivity index (χ4n) is 2.16. The zero-order valence-corrected chi connectivity index (χ0v) is 9.21. The number of benzene rings is 1. The SMILES string of the molecule is Cc1cccc2ccc3ncc(C(=O)O)n3c12. The van der Waals surface area contributed by atoms with E-state index >= 15 is 0 Å². The summed E-state index contributed by atoms with van der Waals surface area (Å²) in [5, 5.41) is 10.2. The molecule has 4 heteroatoms. The Morgan fingerprint density at radius 1 is 1.29 bits per heavy atom. The Labute approximate surface area is 97.1 Å². The molecule has 0 aliphatic carbocycles. The Bertz CT molecular complexity index is 744. The third-order valence-electron chi connectivity index (χ3n) is 2.91. The van der Waals surface area contributed by atoms with Gasteiger partial charge in [0.2, 0.25) is 0 Å². The summed E-state index contributed by atoms with van der Waals surface area (Å²) in [4.78, 5) is 15.3. The van der Waals surface area contributed by atoms with E-state index in [2.05, 4.69) is 4.98 Å². The van der Waals surface area contributed by atoms with Crippen LogP contribution in [0.2, 0.25) is 0 Å². The third kappa shape index (κ3) is 1.30. The van der Waals surface area contributed by atoms with Gasteiger partial charge in [-0.3, -0.25) is 4.40 Å². The minimum atomic E-state index is -0.965. The zero-order valence-electron chi connectivity index (χ0n) is 9.21. The number of aromatic nitrogens is 2. The molecular weight excluding hydrogens is 216 g/mol. The van der Waals surface area contributed by atoms with E-state index in [0.717, 1.165) is 16.5 Å². The van der Waals surface area contributed by atoms with Crippen LogP contribution in [0.25, 0.3) is 16.6 Å². The van der Waals surface area contributed by atoms with Crippen molar-refractivity contribution in [1.29, 1.82) is 0 Å². The first-order valence-corrected chi connectivity index (χ1v) is 5.27. The summed E-state index contributed by atoms with van der Waals surface area (Å²) in [7, 11) is 0. The molecule has 0 fully saturated rings. The van der Waals surface area contributed by atoms with Crippen molar-refractivity contribution in [2.24, 2.45) is 0 Å². The van der Waals surface area contributed by atoms with Crippen LogP contribution < -0.4 is 0 Å². The van der Waals surface area contributed by atoms with Gasteiger partial charge in [-0.25, -0.2) is 9.78 Å². The van der Waals surface area contributed by atoms with E-state index in [1.54, 1.807) is 4.40 Å². The van der Waals surface area contributed by atoms with Crippen molar-refractivity contribution in [2.45, 2.75) is 6.92 Å². The maximum Gasteiger partial charge on any atom is 0.354 e. The topological polar surface area (TPSA) is 54.6 Å². The maximum absolute atomic E-state index is 11.2. The van der Waals surface area contributed by atoms with Gasteiger partial charge in [0.05, 0.1) is 11.7 Å². The molecule has 1 N–H and O–H groups in total. The molecule has 4 nitrogen and oxygen atoms in total. The Hall–Kier alpha value is -2.36. The monoisotopic (exact) mass is 226 g/mol. The van der Waals surface area contributed by atoms with E-state index in [-0.39, 0.29) is 5.69 Å². The second-order valence-corrected chi connectivity index (χ2v) is 3.99. The molecule has 0 saturated heterocycles. The minimum Gasteiger partial charge on any atom is -0.477 e. The number of pyridine rings is 1. The average Bonchev–Trinajstić information content (AvgIpc) is 2.72. The lowest BCUT2D eigenvalue weighted by atomic mass is 10.1. The second-order valence-electron chi connectivity index (χ2n) is 3.99. The molecule has 3 rings (SSSR count). The van der Waals surface area contributed by atoms with Crippen LogP contribution in [0, 0.1) is 6.92 Å². The lowest BCUT2D eigenvalue weighted by Crippen LogP contribution is -2.03. The molecule has 0 aliphatic rings. The summed E-state index contributed by atoms with van der Waals surface area (Å²) in [6.45, 7) is 1.97. The molecule has 0 amide bonds. The summed E-state index contributed by atoms with van der Waals surface area (Å²) in [5.74, 6) is -0.965. The van der Waals surface area contributed by atoms with Gasteiger partial charge in [-0.2, -0.15) is 0 Å². The first-order chi connectivity index (χ1) is 8.18. The van der Waals surface area contributed by atoms with Crippen LogP contribution in [0.3, 0.4) is 0 Å². The summed E-state index contributed by atoms with van der Waals surface area (Å²) < 4.78 is 1.69. The Morgan fingerprint density at radius 3 is 2.88 bits per heavy atom. The van der Waals surface area contributed by atoms with E-state index in [1.807, 2.05) is 37.3 Å². The highest BCUT2D eigenvalue weighted by Crippen LogP contribution is 2.21. The molecule has 0 saturated carbocycles. The van der Waals surface area contributed by atoms with Crippen molar-refractivity contribution in [3.05, 3.63) is 47.8 Å². The predicted octanol–water partition coefficient (Wildman–Crippen LogP) is 2.49. The lowest BCUT2D eigenvalue weighted by molar-refractivity contribution is 0.0690. The number of aromatic carboxylic acids is 1. The molecular formula is C13H10N2O2. The van der Waals surface area contributed by atoms with Gasteiger partial charge < -0.3 is 5.11 Å². The Morgan fingerprint density at radius 2 is 2.12 bits per heavy atom. The van der Waals surface area contributed by atoms with Crippen molar-refractivity contribution >= 4 is 22.5 Å². The smallest absolute Gasteiger partial charge is 0.354 e. The second kappa shape index (κ2) is 3.31. The van der Waals surface area contributed by atoms with Crippen molar-refractivity contribution in [1.82, 2.24) is 9.38 Å². The van der Waals surface area contributed by atoms with Crippen molar-refractivity contribution < 1.29 is 9.90 Å². The molecule has 1 aromatic carbocycles. The quantitative estimate of drug-likeness (QED) is 0.693. The lowest BCUT2D eigenvalue weighted by Gasteiger charge is -2.06. The first-order valence-electron chi connectivity index (χ1n) is 5.27. The zero-order chi connectivity index (χ0) is 12.0. The van der Waals surface area contributed by atoms with Gasteiger partial charge in [0.1, 0.15) is 5.65 Å². The molecule has 2 aromatic heterocycles. The van der Waals surface area contributed by atoms with Crippen LogP contribution in [0.15, 0.2) is 36.5 Å². The van der Waals surface area contributed by atoms with Crippen molar-refractivity contribution in [2.75, 3.05) is 0 Å². The Kier molecular flexibility index (Phi) is 1.92. The molecule has 0 bridgehead atoms. The van der Waals surface area contributed by atoms with Crippen LogP contribution >= 0.6 is 0 Å². The summed E-state index contributed by atoms with van der Waals surface area (Å²) in [5.41, 5.74) is 2.79. The molecule has 0 radical (unpaired) electrons. The highest BCUT2D eigenvalue weighted by Gasteiger charge is 2.13. The van der Waals surface area contributed by atoms with Crippen LogP contribution in [0.1, 0.15) is 16.1 Å². The fraction of sp³-hybridized carbons (Fsp3) is 0.0769. The number of para-hydroxylation sites is 1. The van der Waals surface area contributed by atoms with Gasteiger partial charge >= 0.3 is 5.97 Å². The van der Waals surface area contributed by atoms with Crippen LogP contribution in [0.5, 0.6) is 0 Å². The summed E-state index contributed by atoms with van der Waals surface area (Å²) in [6, 6.07) is 9.67. The fourth-order valence-corrected chi connectivity index (χ4v) is 2.16. The highest BCUT2D eigenvalue weighted by molar-refractivity contribution is 5.92. The molecule has 0 unspecified atom stereocenters. The Balaban J connectivity index is 2.61. The number of carboxylic acid groups (broad SMARTS) is 1. The highest BCUT2D eigenvalue weighted by atomic mass is 16.4. The summed E-state index contributed by atoms with van der Waals surface area (Å²) in [6.07, 6.45) is 1.39. The van der Waals surface area contributed by atoms with Crippen LogP contribution in [-0.4, -0.2) is 20.5 Å². The van der Waals surface area contributed by atoms with Crippen molar-refractivity contribution in [3.8, 4) is 0 Å². The van der Waals surface area contributed by atoms with Gasteiger partial charge in [0.15, 0.2) is 5.69 Å². The molecule has 0 aliphatic heterocycles. The number of hydrogen-bond donors (Lipinski definition) is 1. The van der Waals surface area contributed by atoms with Gasteiger partial charge in [0, 0.05) is 0 Å². The molecule has 17 heavy (non-hydrogen) atoms. The van der Waals surface area contributed by atoms with Crippen LogP contribution in [-0.2, 0) is 0 Å². The van der Waals surface area contributed by atoms with Gasteiger partial charge in [-0.15, -0.1) is 0 Å².